The van der Waals surface area contributed by atoms with Crippen LogP contribution in [0, 0.1) is 5.92 Å². The van der Waals surface area contributed by atoms with Gasteiger partial charge in [-0.1, -0.05) is 23.7 Å². The van der Waals surface area contributed by atoms with Gasteiger partial charge in [0.2, 0.25) is 0 Å². The number of rotatable bonds is 3. The van der Waals surface area contributed by atoms with Crippen molar-refractivity contribution in [2.45, 2.75) is 45.1 Å². The fraction of sp³-hybridized carbons (Fsp3) is 0.611. The predicted octanol–water partition coefficient (Wildman–Crippen LogP) is 4.03. The molecule has 0 radical (unpaired) electrons. The number of hydrogen-bond donors (Lipinski definition) is 1. The first-order chi connectivity index (χ1) is 10.8. The SMILES string of the molecule is CC(C)(C)OC(=O)N1CCCC(C(CN)c2cccc(Cl)c2)C1. The predicted molar refractivity (Wildman–Crippen MR) is 93.8 cm³/mol. The van der Waals surface area contributed by atoms with E-state index >= 15 is 0 Å². The second-order valence-corrected chi connectivity index (χ2v) is 7.66. The van der Waals surface area contributed by atoms with Crippen LogP contribution >= 0.6 is 11.6 Å². The molecule has 1 aliphatic heterocycles. The van der Waals surface area contributed by atoms with E-state index in [4.69, 9.17) is 22.1 Å². The number of ether oxygens (including phenoxy) is 1. The van der Waals surface area contributed by atoms with Crippen molar-refractivity contribution in [1.29, 1.82) is 0 Å². The van der Waals surface area contributed by atoms with Gasteiger partial charge in [0, 0.05) is 24.0 Å². The third-order valence-corrected chi connectivity index (χ3v) is 4.44. The van der Waals surface area contributed by atoms with Gasteiger partial charge in [-0.25, -0.2) is 4.79 Å². The van der Waals surface area contributed by atoms with Gasteiger partial charge < -0.3 is 15.4 Å². The summed E-state index contributed by atoms with van der Waals surface area (Å²) in [4.78, 5) is 14.1. The summed E-state index contributed by atoms with van der Waals surface area (Å²) in [5.74, 6) is 0.540. The molecule has 1 saturated heterocycles. The number of hydrogen-bond acceptors (Lipinski definition) is 3. The maximum Gasteiger partial charge on any atom is 0.410 e. The second-order valence-electron chi connectivity index (χ2n) is 7.23. The highest BCUT2D eigenvalue weighted by molar-refractivity contribution is 6.30. The third kappa shape index (κ3) is 5.11. The van der Waals surface area contributed by atoms with Crippen LogP contribution in [0.4, 0.5) is 4.79 Å². The molecule has 2 atom stereocenters. The lowest BCUT2D eigenvalue weighted by molar-refractivity contribution is 0.0152. The first-order valence-electron chi connectivity index (χ1n) is 8.23. The number of piperidine rings is 1. The number of carbonyl (C=O) groups is 1. The van der Waals surface area contributed by atoms with Gasteiger partial charge >= 0.3 is 6.09 Å². The minimum absolute atomic E-state index is 0.207. The van der Waals surface area contributed by atoms with Crippen LogP contribution < -0.4 is 5.73 Å². The average molecular weight is 339 g/mol. The molecule has 1 fully saturated rings. The summed E-state index contributed by atoms with van der Waals surface area (Å²) < 4.78 is 5.50. The fourth-order valence-electron chi connectivity index (χ4n) is 3.17. The lowest BCUT2D eigenvalue weighted by Crippen LogP contribution is -2.44. The first kappa shape index (κ1) is 18.1. The molecule has 0 aliphatic carbocycles. The largest absolute Gasteiger partial charge is 0.444 e. The van der Waals surface area contributed by atoms with E-state index in [1.807, 2.05) is 43.9 Å². The Morgan fingerprint density at radius 2 is 2.22 bits per heavy atom. The van der Waals surface area contributed by atoms with Crippen molar-refractivity contribution >= 4 is 17.7 Å². The van der Waals surface area contributed by atoms with Gasteiger partial charge in [-0.2, -0.15) is 0 Å². The maximum atomic E-state index is 12.3. The average Bonchev–Trinajstić information content (AvgIpc) is 2.47. The lowest BCUT2D eigenvalue weighted by Gasteiger charge is -2.37. The molecule has 0 bridgehead atoms. The summed E-state index contributed by atoms with van der Waals surface area (Å²) in [5, 5.41) is 0.723. The van der Waals surface area contributed by atoms with Crippen LogP contribution in [0.3, 0.4) is 0 Å². The van der Waals surface area contributed by atoms with Crippen LogP contribution in [0.25, 0.3) is 0 Å². The molecule has 1 amide bonds. The van der Waals surface area contributed by atoms with Crippen molar-refractivity contribution in [3.05, 3.63) is 34.9 Å². The minimum atomic E-state index is -0.468. The van der Waals surface area contributed by atoms with Crippen LogP contribution in [0.1, 0.15) is 45.1 Å². The van der Waals surface area contributed by atoms with Crippen LogP contribution in [0.5, 0.6) is 0 Å². The summed E-state index contributed by atoms with van der Waals surface area (Å²) in [5.41, 5.74) is 6.71. The van der Waals surface area contributed by atoms with E-state index in [1.54, 1.807) is 0 Å². The summed E-state index contributed by atoms with van der Waals surface area (Å²) in [6.07, 6.45) is 1.80. The van der Waals surface area contributed by atoms with Crippen molar-refractivity contribution in [3.63, 3.8) is 0 Å². The van der Waals surface area contributed by atoms with Gasteiger partial charge in [0.15, 0.2) is 0 Å². The van der Waals surface area contributed by atoms with Gasteiger partial charge in [0.25, 0.3) is 0 Å². The van der Waals surface area contributed by atoms with Crippen molar-refractivity contribution in [2.75, 3.05) is 19.6 Å². The maximum absolute atomic E-state index is 12.3. The highest BCUT2D eigenvalue weighted by Crippen LogP contribution is 2.32. The van der Waals surface area contributed by atoms with E-state index in [9.17, 15) is 4.79 Å². The zero-order chi connectivity index (χ0) is 17.0. The molecular formula is C18H27ClN2O2. The van der Waals surface area contributed by atoms with Crippen molar-refractivity contribution in [2.24, 2.45) is 11.7 Å². The Morgan fingerprint density at radius 1 is 1.48 bits per heavy atom. The quantitative estimate of drug-likeness (QED) is 0.905. The molecule has 5 heteroatoms. The first-order valence-corrected chi connectivity index (χ1v) is 8.61. The molecule has 1 aliphatic rings. The van der Waals surface area contributed by atoms with Crippen LogP contribution in [-0.4, -0.2) is 36.2 Å². The summed E-state index contributed by atoms with van der Waals surface area (Å²) in [6, 6.07) is 7.86. The molecule has 1 aromatic rings. The number of halogens is 1. The van der Waals surface area contributed by atoms with Gasteiger partial charge in [-0.05, 0) is 63.8 Å². The van der Waals surface area contributed by atoms with Crippen LogP contribution in [-0.2, 0) is 4.74 Å². The fourth-order valence-corrected chi connectivity index (χ4v) is 3.37. The van der Waals surface area contributed by atoms with Gasteiger partial charge in [0.1, 0.15) is 5.60 Å². The summed E-state index contributed by atoms with van der Waals surface area (Å²) in [7, 11) is 0. The lowest BCUT2D eigenvalue weighted by atomic mass is 9.81. The molecule has 23 heavy (non-hydrogen) atoms. The molecule has 4 nitrogen and oxygen atoms in total. The number of amides is 1. The number of likely N-dealkylation sites (tertiary alicyclic amines) is 1. The molecule has 2 rings (SSSR count). The van der Waals surface area contributed by atoms with E-state index in [0.717, 1.165) is 30.0 Å². The Morgan fingerprint density at radius 3 is 2.83 bits per heavy atom. The van der Waals surface area contributed by atoms with Crippen LogP contribution in [0.2, 0.25) is 5.02 Å². The Balaban J connectivity index is 2.08. The van der Waals surface area contributed by atoms with E-state index in [-0.39, 0.29) is 12.0 Å². The van der Waals surface area contributed by atoms with E-state index in [0.29, 0.717) is 19.0 Å². The molecule has 0 aromatic heterocycles. The third-order valence-electron chi connectivity index (χ3n) is 4.21. The smallest absolute Gasteiger partial charge is 0.410 e. The molecule has 0 saturated carbocycles. The Kier molecular flexibility index (Phi) is 5.93. The topological polar surface area (TPSA) is 55.6 Å². The van der Waals surface area contributed by atoms with E-state index < -0.39 is 5.60 Å². The normalized spacial score (nSPS) is 20.2. The molecule has 2 N–H and O–H groups in total. The monoisotopic (exact) mass is 338 g/mol. The van der Waals surface area contributed by atoms with E-state index in [2.05, 4.69) is 6.07 Å². The molecule has 2 unspecified atom stereocenters. The molecule has 0 spiro atoms. The minimum Gasteiger partial charge on any atom is -0.444 e. The van der Waals surface area contributed by atoms with Gasteiger partial charge in [-0.15, -0.1) is 0 Å². The molecular weight excluding hydrogens is 312 g/mol. The highest BCUT2D eigenvalue weighted by Gasteiger charge is 2.31. The Bertz CT molecular complexity index is 542. The Hall–Kier alpha value is -1.26. The molecule has 1 heterocycles. The molecule has 1 aromatic carbocycles. The standard InChI is InChI=1S/C18H27ClN2O2/c1-18(2,3)23-17(22)21-9-5-7-14(12-21)16(11-20)13-6-4-8-15(19)10-13/h4,6,8,10,14,16H,5,7,9,11-12,20H2,1-3H3. The number of nitrogens with zero attached hydrogens (tertiary/aromatic N) is 1. The highest BCUT2D eigenvalue weighted by atomic mass is 35.5. The van der Waals surface area contributed by atoms with E-state index in [1.165, 1.54) is 0 Å². The zero-order valence-corrected chi connectivity index (χ0v) is 15.0. The number of nitrogens with two attached hydrogens (primary N) is 1. The van der Waals surface area contributed by atoms with Crippen molar-refractivity contribution < 1.29 is 9.53 Å². The number of carbonyl (C=O) groups excluding carboxylic acids is 1. The zero-order valence-electron chi connectivity index (χ0n) is 14.2. The van der Waals surface area contributed by atoms with Gasteiger partial charge in [0.05, 0.1) is 0 Å². The summed E-state index contributed by atoms with van der Waals surface area (Å²) in [6.45, 7) is 7.65. The van der Waals surface area contributed by atoms with Gasteiger partial charge in [-0.3, -0.25) is 0 Å². The Labute approximate surface area is 143 Å². The molecule has 128 valence electrons. The second kappa shape index (κ2) is 7.54. The van der Waals surface area contributed by atoms with Crippen molar-refractivity contribution in [3.8, 4) is 0 Å². The van der Waals surface area contributed by atoms with Crippen molar-refractivity contribution in [1.82, 2.24) is 4.90 Å². The summed E-state index contributed by atoms with van der Waals surface area (Å²) >= 11 is 6.11. The van der Waals surface area contributed by atoms with Crippen LogP contribution in [0.15, 0.2) is 24.3 Å². The number of benzene rings is 1.